The van der Waals surface area contributed by atoms with Gasteiger partial charge in [-0.2, -0.15) is 0 Å². The number of carbonyl (C=O) groups is 3. The highest BCUT2D eigenvalue weighted by Gasteiger charge is 2.40. The predicted octanol–water partition coefficient (Wildman–Crippen LogP) is 4.80. The number of para-hydroxylation sites is 1. The molecule has 1 saturated heterocycles. The van der Waals surface area contributed by atoms with Crippen molar-refractivity contribution in [3.05, 3.63) is 95.1 Å². The number of amides is 3. The van der Waals surface area contributed by atoms with Crippen LogP contribution in [0.15, 0.2) is 72.8 Å². The summed E-state index contributed by atoms with van der Waals surface area (Å²) in [4.78, 5) is 45.8. The third-order valence-electron chi connectivity index (χ3n) is 8.23. The van der Waals surface area contributed by atoms with E-state index >= 15 is 0 Å². The van der Waals surface area contributed by atoms with Crippen LogP contribution in [0.25, 0.3) is 22.2 Å². The Bertz CT molecular complexity index is 1560. The van der Waals surface area contributed by atoms with Crippen LogP contribution < -0.4 is 5.73 Å². The number of aromatic nitrogens is 1. The molecule has 0 bridgehead atoms. The van der Waals surface area contributed by atoms with Gasteiger partial charge in [-0.25, -0.2) is 0 Å². The maximum absolute atomic E-state index is 13.8. The average Bonchev–Trinajstić information content (AvgIpc) is 3.47. The lowest BCUT2D eigenvalue weighted by Gasteiger charge is -2.32. The van der Waals surface area contributed by atoms with Crippen LogP contribution in [0.1, 0.15) is 52.4 Å². The number of hydrogen-bond donors (Lipinski definition) is 2. The zero-order chi connectivity index (χ0) is 27.1. The lowest BCUT2D eigenvalue weighted by Crippen LogP contribution is -2.43. The van der Waals surface area contributed by atoms with Crippen LogP contribution in [0, 0.1) is 12.8 Å². The number of aromatic amines is 1. The smallest absolute Gasteiger partial charge is 0.255 e. The second-order valence-corrected chi connectivity index (χ2v) is 10.6. The number of piperidine rings is 1. The summed E-state index contributed by atoms with van der Waals surface area (Å²) in [5.41, 5.74) is 12.4. The highest BCUT2D eigenvalue weighted by atomic mass is 16.2. The zero-order valence-electron chi connectivity index (χ0n) is 22.0. The Morgan fingerprint density at radius 1 is 0.949 bits per heavy atom. The standard InChI is InChI=1S/C32H32N4O3/c1-20-10-12-21(13-11-20)29-28(25-8-4-5-9-26(25)34-29)30-23-6-2-3-7-24(23)32(39)36(30)19-16-27(37)35-17-14-22(15-18-35)31(33)38/h2-13,22,30,34H,14-19H2,1H3,(H2,33,38). The van der Waals surface area contributed by atoms with Crippen LogP contribution in [-0.4, -0.2) is 52.1 Å². The van der Waals surface area contributed by atoms with Gasteiger partial charge in [-0.3, -0.25) is 14.4 Å². The maximum Gasteiger partial charge on any atom is 0.255 e. The van der Waals surface area contributed by atoms with Crippen LogP contribution in [0.3, 0.4) is 0 Å². The van der Waals surface area contributed by atoms with Gasteiger partial charge in [0.25, 0.3) is 5.91 Å². The second-order valence-electron chi connectivity index (χ2n) is 10.6. The largest absolute Gasteiger partial charge is 0.369 e. The number of rotatable bonds is 6. The van der Waals surface area contributed by atoms with Crippen molar-refractivity contribution >= 4 is 28.6 Å². The molecule has 4 aromatic rings. The van der Waals surface area contributed by atoms with E-state index in [0.717, 1.165) is 33.3 Å². The van der Waals surface area contributed by atoms with Crippen LogP contribution in [0.4, 0.5) is 0 Å². The zero-order valence-corrected chi connectivity index (χ0v) is 22.0. The molecule has 1 aromatic heterocycles. The highest BCUT2D eigenvalue weighted by molar-refractivity contribution is 6.02. The van der Waals surface area contributed by atoms with Crippen molar-refractivity contribution in [2.24, 2.45) is 11.7 Å². The number of nitrogens with zero attached hydrogens (tertiary/aromatic N) is 2. The first-order chi connectivity index (χ1) is 18.9. The summed E-state index contributed by atoms with van der Waals surface area (Å²) in [6.07, 6.45) is 1.40. The Labute approximate surface area is 227 Å². The molecule has 3 heterocycles. The molecule has 3 N–H and O–H groups in total. The quantitative estimate of drug-likeness (QED) is 0.382. The molecule has 2 aliphatic heterocycles. The third kappa shape index (κ3) is 4.48. The van der Waals surface area contributed by atoms with E-state index in [-0.39, 0.29) is 36.1 Å². The first-order valence-electron chi connectivity index (χ1n) is 13.6. The van der Waals surface area contributed by atoms with Gasteiger partial charge in [0.1, 0.15) is 0 Å². The number of nitrogens with one attached hydrogen (secondary N) is 1. The van der Waals surface area contributed by atoms with Crippen LogP contribution in [0.5, 0.6) is 0 Å². The average molecular weight is 521 g/mol. The maximum atomic E-state index is 13.8. The summed E-state index contributed by atoms with van der Waals surface area (Å²) < 4.78 is 0. The molecule has 6 rings (SSSR count). The third-order valence-corrected chi connectivity index (χ3v) is 8.23. The molecular weight excluding hydrogens is 488 g/mol. The predicted molar refractivity (Wildman–Crippen MR) is 151 cm³/mol. The molecule has 1 atom stereocenters. The normalized spacial score (nSPS) is 17.6. The van der Waals surface area contributed by atoms with Gasteiger partial charge in [-0.05, 0) is 43.0 Å². The van der Waals surface area contributed by atoms with Crippen molar-refractivity contribution in [1.82, 2.24) is 14.8 Å². The van der Waals surface area contributed by atoms with Crippen LogP contribution >= 0.6 is 0 Å². The molecule has 7 heteroatoms. The van der Waals surface area contributed by atoms with Gasteiger partial charge in [0, 0.05) is 54.0 Å². The van der Waals surface area contributed by atoms with Crippen molar-refractivity contribution in [2.75, 3.05) is 19.6 Å². The lowest BCUT2D eigenvalue weighted by atomic mass is 9.93. The van der Waals surface area contributed by atoms with Gasteiger partial charge < -0.3 is 20.5 Å². The van der Waals surface area contributed by atoms with Gasteiger partial charge in [-0.1, -0.05) is 66.2 Å². The Morgan fingerprint density at radius 2 is 1.64 bits per heavy atom. The number of fused-ring (bicyclic) bond motifs is 2. The molecule has 2 aliphatic rings. The number of primary amides is 1. The molecule has 3 amide bonds. The molecular formula is C32H32N4O3. The number of nitrogens with two attached hydrogens (primary N) is 1. The SMILES string of the molecule is Cc1ccc(-c2[nH]c3ccccc3c2C2c3ccccc3C(=O)N2CCC(=O)N2CCC(C(N)=O)CC2)cc1. The minimum Gasteiger partial charge on any atom is -0.369 e. The van der Waals surface area contributed by atoms with E-state index in [1.165, 1.54) is 5.56 Å². The van der Waals surface area contributed by atoms with E-state index in [9.17, 15) is 14.4 Å². The summed E-state index contributed by atoms with van der Waals surface area (Å²) >= 11 is 0. The number of benzene rings is 3. The number of likely N-dealkylation sites (tertiary alicyclic amines) is 1. The van der Waals surface area contributed by atoms with Gasteiger partial charge in [-0.15, -0.1) is 0 Å². The molecule has 1 unspecified atom stereocenters. The molecule has 0 aliphatic carbocycles. The van der Waals surface area contributed by atoms with Crippen LogP contribution in [-0.2, 0) is 9.59 Å². The van der Waals surface area contributed by atoms with E-state index < -0.39 is 0 Å². The van der Waals surface area contributed by atoms with E-state index in [2.05, 4.69) is 48.3 Å². The molecule has 3 aromatic carbocycles. The summed E-state index contributed by atoms with van der Waals surface area (Å²) in [6, 6.07) is 24.0. The second kappa shape index (κ2) is 10.1. The van der Waals surface area contributed by atoms with E-state index in [1.54, 1.807) is 4.90 Å². The number of carbonyl (C=O) groups excluding carboxylic acids is 3. The summed E-state index contributed by atoms with van der Waals surface area (Å²) in [5.74, 6) is -0.530. The van der Waals surface area contributed by atoms with Gasteiger partial charge in [0.15, 0.2) is 0 Å². The van der Waals surface area contributed by atoms with Crippen LogP contribution in [0.2, 0.25) is 0 Å². The first-order valence-corrected chi connectivity index (χ1v) is 13.6. The number of hydrogen-bond acceptors (Lipinski definition) is 3. The summed E-state index contributed by atoms with van der Waals surface area (Å²) in [6.45, 7) is 3.41. The van der Waals surface area contributed by atoms with Gasteiger partial charge in [0.05, 0.1) is 11.7 Å². The first kappa shape index (κ1) is 24.9. The highest BCUT2D eigenvalue weighted by Crippen LogP contribution is 2.45. The minimum atomic E-state index is -0.324. The molecule has 39 heavy (non-hydrogen) atoms. The van der Waals surface area contributed by atoms with E-state index in [4.69, 9.17) is 5.73 Å². The van der Waals surface area contributed by atoms with Gasteiger partial charge >= 0.3 is 0 Å². The van der Waals surface area contributed by atoms with E-state index in [0.29, 0.717) is 38.0 Å². The molecule has 1 fully saturated rings. The topological polar surface area (TPSA) is 99.5 Å². The molecule has 198 valence electrons. The summed E-state index contributed by atoms with van der Waals surface area (Å²) in [7, 11) is 0. The fraction of sp³-hybridized carbons (Fsp3) is 0.281. The van der Waals surface area contributed by atoms with Crippen molar-refractivity contribution in [3.63, 3.8) is 0 Å². The van der Waals surface area contributed by atoms with Gasteiger partial charge in [0.2, 0.25) is 11.8 Å². The molecule has 7 nitrogen and oxygen atoms in total. The molecule has 0 saturated carbocycles. The monoisotopic (exact) mass is 520 g/mol. The molecule has 0 radical (unpaired) electrons. The Balaban J connectivity index is 1.36. The Morgan fingerprint density at radius 3 is 2.38 bits per heavy atom. The summed E-state index contributed by atoms with van der Waals surface area (Å²) in [5, 5.41) is 1.06. The molecule has 0 spiro atoms. The minimum absolute atomic E-state index is 0.00175. The number of aryl methyl sites for hydroxylation is 1. The fourth-order valence-electron chi connectivity index (χ4n) is 6.10. The van der Waals surface area contributed by atoms with Crippen molar-refractivity contribution in [1.29, 1.82) is 0 Å². The Kier molecular flexibility index (Phi) is 6.43. The van der Waals surface area contributed by atoms with Crippen molar-refractivity contribution in [3.8, 4) is 11.3 Å². The van der Waals surface area contributed by atoms with Crippen molar-refractivity contribution < 1.29 is 14.4 Å². The number of H-pyrrole nitrogens is 1. The van der Waals surface area contributed by atoms with E-state index in [1.807, 2.05) is 41.3 Å². The fourth-order valence-corrected chi connectivity index (χ4v) is 6.10. The lowest BCUT2D eigenvalue weighted by molar-refractivity contribution is -0.135. The Hall–Kier alpha value is -4.39. The van der Waals surface area contributed by atoms with Crippen molar-refractivity contribution in [2.45, 2.75) is 32.2 Å².